The van der Waals surface area contributed by atoms with Crippen LogP contribution >= 0.6 is 11.6 Å². The first kappa shape index (κ1) is 16.7. The first-order chi connectivity index (χ1) is 11.1. The van der Waals surface area contributed by atoms with Crippen molar-refractivity contribution in [3.05, 3.63) is 59.4 Å². The molecule has 0 aliphatic rings. The van der Waals surface area contributed by atoms with Crippen LogP contribution in [0.15, 0.2) is 48.5 Å². The van der Waals surface area contributed by atoms with E-state index in [4.69, 9.17) is 16.3 Å². The number of carbonyl (C=O) groups excluding carboxylic acids is 1. The third kappa shape index (κ3) is 5.89. The van der Waals surface area contributed by atoms with Crippen LogP contribution in [0.5, 0.6) is 5.75 Å². The molecule has 0 aromatic heterocycles. The van der Waals surface area contributed by atoms with Crippen LogP contribution in [-0.4, -0.2) is 19.2 Å². The lowest BCUT2D eigenvalue weighted by molar-refractivity contribution is 0.253. The van der Waals surface area contributed by atoms with Crippen molar-refractivity contribution in [1.82, 2.24) is 5.32 Å². The molecule has 0 spiro atoms. The Balaban J connectivity index is 1.68. The van der Waals surface area contributed by atoms with Crippen molar-refractivity contribution in [2.45, 2.75) is 0 Å². The van der Waals surface area contributed by atoms with Gasteiger partial charge in [-0.1, -0.05) is 35.6 Å². The lowest BCUT2D eigenvalue weighted by Crippen LogP contribution is -2.28. The Morgan fingerprint density at radius 2 is 1.87 bits per heavy atom. The number of anilines is 1. The van der Waals surface area contributed by atoms with E-state index >= 15 is 0 Å². The van der Waals surface area contributed by atoms with E-state index in [-0.39, 0.29) is 24.9 Å². The molecule has 2 rings (SSSR count). The molecule has 4 nitrogen and oxygen atoms in total. The summed E-state index contributed by atoms with van der Waals surface area (Å²) in [6.45, 7) is 0.196. The minimum absolute atomic E-state index is 0.0431. The highest BCUT2D eigenvalue weighted by Crippen LogP contribution is 2.14. The summed E-state index contributed by atoms with van der Waals surface area (Å²) in [5, 5.41) is 5.80. The van der Waals surface area contributed by atoms with Crippen molar-refractivity contribution in [3.8, 4) is 17.6 Å². The summed E-state index contributed by atoms with van der Waals surface area (Å²) in [7, 11) is 0. The predicted molar refractivity (Wildman–Crippen MR) is 88.1 cm³/mol. The van der Waals surface area contributed by atoms with Gasteiger partial charge in [-0.05, 0) is 36.4 Å². The molecule has 2 aromatic carbocycles. The van der Waals surface area contributed by atoms with Crippen LogP contribution in [0.1, 0.15) is 0 Å². The Hall–Kier alpha value is -2.71. The molecular formula is C17H14ClFN2O2. The van der Waals surface area contributed by atoms with Gasteiger partial charge in [0.05, 0.1) is 6.54 Å². The molecule has 0 fully saturated rings. The minimum Gasteiger partial charge on any atom is -0.478 e. The molecule has 0 saturated heterocycles. The summed E-state index contributed by atoms with van der Waals surface area (Å²) in [6.07, 6.45) is 0. The largest absolute Gasteiger partial charge is 0.478 e. The number of ether oxygens (including phenoxy) is 1. The van der Waals surface area contributed by atoms with E-state index in [9.17, 15) is 9.18 Å². The van der Waals surface area contributed by atoms with Crippen LogP contribution in [0.2, 0.25) is 5.02 Å². The summed E-state index contributed by atoms with van der Waals surface area (Å²) < 4.78 is 18.4. The average molecular weight is 333 g/mol. The van der Waals surface area contributed by atoms with Gasteiger partial charge in [-0.15, -0.1) is 0 Å². The second-order valence-electron chi connectivity index (χ2n) is 4.39. The second kappa shape index (κ2) is 8.66. The van der Waals surface area contributed by atoms with E-state index in [1.165, 1.54) is 12.1 Å². The Labute approximate surface area is 138 Å². The van der Waals surface area contributed by atoms with Crippen LogP contribution in [0.4, 0.5) is 14.9 Å². The number of hydrogen-bond donors (Lipinski definition) is 2. The van der Waals surface area contributed by atoms with Gasteiger partial charge in [-0.2, -0.15) is 0 Å². The number of benzene rings is 2. The van der Waals surface area contributed by atoms with Crippen LogP contribution < -0.4 is 15.4 Å². The van der Waals surface area contributed by atoms with Crippen molar-refractivity contribution in [2.75, 3.05) is 18.5 Å². The summed E-state index contributed by atoms with van der Waals surface area (Å²) in [5.74, 6) is 5.11. The Bertz CT molecular complexity index is 723. The van der Waals surface area contributed by atoms with Crippen molar-refractivity contribution in [1.29, 1.82) is 0 Å². The maximum atomic E-state index is 13.3. The Morgan fingerprint density at radius 1 is 1.13 bits per heavy atom. The zero-order chi connectivity index (χ0) is 16.5. The van der Waals surface area contributed by atoms with E-state index < -0.39 is 5.82 Å². The first-order valence-corrected chi connectivity index (χ1v) is 7.16. The Morgan fingerprint density at radius 3 is 2.61 bits per heavy atom. The van der Waals surface area contributed by atoms with Gasteiger partial charge in [0.1, 0.15) is 6.61 Å². The fraction of sp³-hybridized carbons (Fsp3) is 0.118. The van der Waals surface area contributed by atoms with Crippen molar-refractivity contribution < 1.29 is 13.9 Å². The summed E-state index contributed by atoms with van der Waals surface area (Å²) in [6, 6.07) is 12.4. The smallest absolute Gasteiger partial charge is 0.319 e. The highest BCUT2D eigenvalue weighted by Gasteiger charge is 2.00. The number of halogens is 2. The number of carbonyl (C=O) groups is 1. The molecular weight excluding hydrogens is 319 g/mol. The molecule has 0 atom stereocenters. The lowest BCUT2D eigenvalue weighted by Gasteiger charge is -2.05. The number of amides is 2. The number of para-hydroxylation sites is 1. The molecule has 0 saturated carbocycles. The van der Waals surface area contributed by atoms with Crippen molar-refractivity contribution in [2.24, 2.45) is 0 Å². The highest BCUT2D eigenvalue weighted by atomic mass is 35.5. The third-order valence-electron chi connectivity index (χ3n) is 2.70. The van der Waals surface area contributed by atoms with Gasteiger partial charge in [-0.3, -0.25) is 0 Å². The SMILES string of the molecule is O=C(NCC#CCOc1ccccc1F)Nc1ccc(Cl)cc1. The summed E-state index contributed by atoms with van der Waals surface area (Å²) in [5.41, 5.74) is 0.628. The summed E-state index contributed by atoms with van der Waals surface area (Å²) in [4.78, 5) is 11.6. The van der Waals surface area contributed by atoms with Gasteiger partial charge in [0, 0.05) is 10.7 Å². The number of hydrogen-bond acceptors (Lipinski definition) is 2. The first-order valence-electron chi connectivity index (χ1n) is 6.78. The van der Waals surface area contributed by atoms with Crippen molar-refractivity contribution >= 4 is 23.3 Å². The number of urea groups is 1. The van der Waals surface area contributed by atoms with Gasteiger partial charge in [-0.25, -0.2) is 9.18 Å². The molecule has 0 unspecified atom stereocenters. The van der Waals surface area contributed by atoms with E-state index in [1.807, 2.05) is 0 Å². The molecule has 2 amide bonds. The zero-order valence-electron chi connectivity index (χ0n) is 12.1. The number of rotatable bonds is 4. The van der Waals surface area contributed by atoms with E-state index in [1.54, 1.807) is 36.4 Å². The zero-order valence-corrected chi connectivity index (χ0v) is 12.9. The fourth-order valence-electron chi connectivity index (χ4n) is 1.62. The summed E-state index contributed by atoms with van der Waals surface area (Å²) >= 11 is 5.75. The van der Waals surface area contributed by atoms with Gasteiger partial charge in [0.15, 0.2) is 11.6 Å². The van der Waals surface area contributed by atoms with Crippen LogP contribution in [0.3, 0.4) is 0 Å². The minimum atomic E-state index is -0.435. The van der Waals surface area contributed by atoms with Gasteiger partial charge >= 0.3 is 6.03 Å². The van der Waals surface area contributed by atoms with Crippen LogP contribution in [0.25, 0.3) is 0 Å². The maximum absolute atomic E-state index is 13.3. The molecule has 0 radical (unpaired) electrons. The fourth-order valence-corrected chi connectivity index (χ4v) is 1.75. The molecule has 23 heavy (non-hydrogen) atoms. The predicted octanol–water partition coefficient (Wildman–Crippen LogP) is 3.68. The third-order valence-corrected chi connectivity index (χ3v) is 2.95. The molecule has 6 heteroatoms. The highest BCUT2D eigenvalue weighted by molar-refractivity contribution is 6.30. The molecule has 2 N–H and O–H groups in total. The van der Waals surface area contributed by atoms with E-state index in [0.29, 0.717) is 10.7 Å². The van der Waals surface area contributed by atoms with Gasteiger partial charge in [0.2, 0.25) is 0 Å². The van der Waals surface area contributed by atoms with Crippen molar-refractivity contribution in [3.63, 3.8) is 0 Å². The van der Waals surface area contributed by atoms with Crippen LogP contribution in [-0.2, 0) is 0 Å². The molecule has 0 bridgehead atoms. The quantitative estimate of drug-likeness (QED) is 0.839. The number of nitrogens with one attached hydrogen (secondary N) is 2. The second-order valence-corrected chi connectivity index (χ2v) is 4.82. The van der Waals surface area contributed by atoms with Gasteiger partial charge < -0.3 is 15.4 Å². The monoisotopic (exact) mass is 332 g/mol. The average Bonchev–Trinajstić information content (AvgIpc) is 2.54. The molecule has 2 aromatic rings. The normalized spacial score (nSPS) is 9.48. The van der Waals surface area contributed by atoms with E-state index in [2.05, 4.69) is 22.5 Å². The molecule has 118 valence electrons. The molecule has 0 aliphatic heterocycles. The standard InChI is InChI=1S/C17H14ClFN2O2/c18-13-7-9-14(10-8-13)21-17(22)20-11-3-4-12-23-16-6-2-1-5-15(16)19/h1-2,5-10H,11-12H2,(H2,20,21,22). The van der Waals surface area contributed by atoms with Crippen LogP contribution in [0, 0.1) is 17.7 Å². The maximum Gasteiger partial charge on any atom is 0.319 e. The van der Waals surface area contributed by atoms with E-state index in [0.717, 1.165) is 0 Å². The molecule has 0 heterocycles. The molecule has 0 aliphatic carbocycles. The van der Waals surface area contributed by atoms with Gasteiger partial charge in [0.25, 0.3) is 0 Å². The lowest BCUT2D eigenvalue weighted by atomic mass is 10.3. The Kier molecular flexibility index (Phi) is 6.28. The topological polar surface area (TPSA) is 50.4 Å².